The summed E-state index contributed by atoms with van der Waals surface area (Å²) < 4.78 is 1.28. The van der Waals surface area contributed by atoms with Gasteiger partial charge in [-0.25, -0.2) is 4.98 Å². The molecule has 3 nitrogen and oxygen atoms in total. The molecule has 4 heteroatoms. The summed E-state index contributed by atoms with van der Waals surface area (Å²) >= 11 is 1.79. The Morgan fingerprint density at radius 3 is 3.12 bits per heavy atom. The average Bonchev–Trinajstić information content (AvgIpc) is 2.93. The molecule has 1 aliphatic rings. The fraction of sp³-hybridized carbons (Fsp3) is 0.462. The SMILES string of the molecule is CC1(NCc2nc3ccccc3s2)CCNC1. The van der Waals surface area contributed by atoms with Crippen LogP contribution >= 0.6 is 11.3 Å². The summed E-state index contributed by atoms with van der Waals surface area (Å²) in [6.45, 7) is 5.32. The van der Waals surface area contributed by atoms with Gasteiger partial charge >= 0.3 is 0 Å². The van der Waals surface area contributed by atoms with Crippen molar-refractivity contribution < 1.29 is 0 Å². The van der Waals surface area contributed by atoms with Crippen molar-refractivity contribution in [1.29, 1.82) is 0 Å². The van der Waals surface area contributed by atoms with Crippen LogP contribution in [0.4, 0.5) is 0 Å². The summed E-state index contributed by atoms with van der Waals surface area (Å²) in [4.78, 5) is 4.64. The molecular weight excluding hydrogens is 230 g/mol. The summed E-state index contributed by atoms with van der Waals surface area (Å²) in [6, 6.07) is 8.32. The predicted octanol–water partition coefficient (Wildman–Crippen LogP) is 2.14. The Hall–Kier alpha value is -0.970. The molecule has 2 aromatic rings. The van der Waals surface area contributed by atoms with Crippen LogP contribution < -0.4 is 10.6 Å². The maximum Gasteiger partial charge on any atom is 0.108 e. The molecule has 0 aliphatic carbocycles. The highest BCUT2D eigenvalue weighted by Crippen LogP contribution is 2.22. The van der Waals surface area contributed by atoms with Crippen LogP contribution in [0.3, 0.4) is 0 Å². The van der Waals surface area contributed by atoms with Gasteiger partial charge in [0.2, 0.25) is 0 Å². The molecule has 1 fully saturated rings. The van der Waals surface area contributed by atoms with Crippen LogP contribution in [-0.4, -0.2) is 23.6 Å². The molecular formula is C13H17N3S. The van der Waals surface area contributed by atoms with Crippen LogP contribution in [0.25, 0.3) is 10.2 Å². The van der Waals surface area contributed by atoms with Crippen molar-refractivity contribution >= 4 is 21.6 Å². The lowest BCUT2D eigenvalue weighted by atomic mass is 10.0. The zero-order chi connectivity index (χ0) is 11.7. The number of rotatable bonds is 3. The molecule has 2 N–H and O–H groups in total. The molecule has 1 atom stereocenters. The van der Waals surface area contributed by atoms with Gasteiger partial charge in [0.1, 0.15) is 5.01 Å². The first-order valence-electron chi connectivity index (χ1n) is 6.05. The summed E-state index contributed by atoms with van der Waals surface area (Å²) in [5.41, 5.74) is 1.35. The second-order valence-corrected chi connectivity index (χ2v) is 6.03. The number of nitrogens with one attached hydrogen (secondary N) is 2. The minimum Gasteiger partial charge on any atom is -0.315 e. The number of aromatic nitrogens is 1. The zero-order valence-electron chi connectivity index (χ0n) is 9.99. The lowest BCUT2D eigenvalue weighted by Crippen LogP contribution is -2.43. The molecule has 0 radical (unpaired) electrons. The van der Waals surface area contributed by atoms with Gasteiger partial charge < -0.3 is 10.6 Å². The molecule has 0 saturated carbocycles. The van der Waals surface area contributed by atoms with E-state index < -0.39 is 0 Å². The number of nitrogens with zero attached hydrogens (tertiary/aromatic N) is 1. The van der Waals surface area contributed by atoms with Gasteiger partial charge in [0.05, 0.1) is 10.2 Å². The van der Waals surface area contributed by atoms with E-state index in [0.717, 1.165) is 25.2 Å². The van der Waals surface area contributed by atoms with Gasteiger partial charge in [-0.3, -0.25) is 0 Å². The monoisotopic (exact) mass is 247 g/mol. The Morgan fingerprint density at radius 2 is 2.35 bits per heavy atom. The molecule has 90 valence electrons. The molecule has 0 amide bonds. The fourth-order valence-electron chi connectivity index (χ4n) is 2.25. The number of hydrogen-bond donors (Lipinski definition) is 2. The third-order valence-electron chi connectivity index (χ3n) is 3.37. The maximum absolute atomic E-state index is 4.64. The molecule has 0 bridgehead atoms. The van der Waals surface area contributed by atoms with E-state index in [1.54, 1.807) is 11.3 Å². The maximum atomic E-state index is 4.64. The van der Waals surface area contributed by atoms with Crippen molar-refractivity contribution in [1.82, 2.24) is 15.6 Å². The third kappa shape index (κ3) is 2.34. The summed E-state index contributed by atoms with van der Waals surface area (Å²) in [7, 11) is 0. The Bertz CT molecular complexity index is 481. The first kappa shape index (κ1) is 11.1. The van der Waals surface area contributed by atoms with Gasteiger partial charge in [0, 0.05) is 18.6 Å². The van der Waals surface area contributed by atoms with Gasteiger partial charge in [0.15, 0.2) is 0 Å². The molecule has 1 unspecified atom stereocenters. The van der Waals surface area contributed by atoms with Crippen molar-refractivity contribution in [2.45, 2.75) is 25.4 Å². The molecule has 0 spiro atoms. The predicted molar refractivity (Wildman–Crippen MR) is 72.4 cm³/mol. The number of para-hydroxylation sites is 1. The van der Waals surface area contributed by atoms with Gasteiger partial charge in [-0.2, -0.15) is 0 Å². The first-order chi connectivity index (χ1) is 8.25. The van der Waals surface area contributed by atoms with E-state index >= 15 is 0 Å². The summed E-state index contributed by atoms with van der Waals surface area (Å²) in [5, 5.41) is 8.20. The van der Waals surface area contributed by atoms with Crippen LogP contribution in [0.2, 0.25) is 0 Å². The highest BCUT2D eigenvalue weighted by Gasteiger charge is 2.27. The van der Waals surface area contributed by atoms with Crippen molar-refractivity contribution in [3.63, 3.8) is 0 Å². The second-order valence-electron chi connectivity index (χ2n) is 4.92. The largest absolute Gasteiger partial charge is 0.315 e. The molecule has 2 heterocycles. The minimum absolute atomic E-state index is 0.234. The fourth-order valence-corrected chi connectivity index (χ4v) is 3.16. The van der Waals surface area contributed by atoms with E-state index in [2.05, 4.69) is 40.7 Å². The third-order valence-corrected chi connectivity index (χ3v) is 4.41. The first-order valence-corrected chi connectivity index (χ1v) is 6.87. The van der Waals surface area contributed by atoms with E-state index in [1.165, 1.54) is 16.1 Å². The van der Waals surface area contributed by atoms with Gasteiger partial charge in [-0.1, -0.05) is 12.1 Å². The van der Waals surface area contributed by atoms with Crippen LogP contribution in [-0.2, 0) is 6.54 Å². The molecule has 1 aromatic carbocycles. The Labute approximate surface area is 105 Å². The second kappa shape index (κ2) is 4.37. The quantitative estimate of drug-likeness (QED) is 0.872. The molecule has 1 aliphatic heterocycles. The number of hydrogen-bond acceptors (Lipinski definition) is 4. The lowest BCUT2D eigenvalue weighted by molar-refractivity contribution is 0.385. The Kier molecular flexibility index (Phi) is 2.86. The van der Waals surface area contributed by atoms with Crippen LogP contribution in [0.15, 0.2) is 24.3 Å². The van der Waals surface area contributed by atoms with Crippen molar-refractivity contribution in [2.75, 3.05) is 13.1 Å². The van der Waals surface area contributed by atoms with Crippen molar-refractivity contribution in [3.05, 3.63) is 29.3 Å². The van der Waals surface area contributed by atoms with Gasteiger partial charge in [0.25, 0.3) is 0 Å². The lowest BCUT2D eigenvalue weighted by Gasteiger charge is -2.23. The van der Waals surface area contributed by atoms with E-state index in [-0.39, 0.29) is 5.54 Å². The standard InChI is InChI=1S/C13H17N3S/c1-13(6-7-14-9-13)15-8-12-16-10-4-2-3-5-11(10)17-12/h2-5,14-15H,6-9H2,1H3. The normalized spacial score (nSPS) is 24.5. The average molecular weight is 247 g/mol. The minimum atomic E-state index is 0.234. The van der Waals surface area contributed by atoms with Crippen LogP contribution in [0.5, 0.6) is 0 Å². The summed E-state index contributed by atoms with van der Waals surface area (Å²) in [6.07, 6.45) is 1.19. The zero-order valence-corrected chi connectivity index (χ0v) is 10.8. The van der Waals surface area contributed by atoms with E-state index in [0.29, 0.717) is 0 Å². The van der Waals surface area contributed by atoms with Crippen LogP contribution in [0.1, 0.15) is 18.4 Å². The smallest absolute Gasteiger partial charge is 0.108 e. The number of fused-ring (bicyclic) bond motifs is 1. The highest BCUT2D eigenvalue weighted by molar-refractivity contribution is 7.18. The summed E-state index contributed by atoms with van der Waals surface area (Å²) in [5.74, 6) is 0. The molecule has 1 aromatic heterocycles. The molecule has 1 saturated heterocycles. The van der Waals surface area contributed by atoms with Gasteiger partial charge in [-0.05, 0) is 32.0 Å². The van der Waals surface area contributed by atoms with Crippen molar-refractivity contribution in [3.8, 4) is 0 Å². The van der Waals surface area contributed by atoms with E-state index in [4.69, 9.17) is 0 Å². The number of thiazole rings is 1. The highest BCUT2D eigenvalue weighted by atomic mass is 32.1. The molecule has 3 rings (SSSR count). The molecule has 17 heavy (non-hydrogen) atoms. The van der Waals surface area contributed by atoms with Gasteiger partial charge in [-0.15, -0.1) is 11.3 Å². The Morgan fingerprint density at radius 1 is 1.47 bits per heavy atom. The number of benzene rings is 1. The topological polar surface area (TPSA) is 37.0 Å². The van der Waals surface area contributed by atoms with Crippen molar-refractivity contribution in [2.24, 2.45) is 0 Å². The van der Waals surface area contributed by atoms with Crippen LogP contribution in [0, 0.1) is 0 Å². The Balaban J connectivity index is 1.72. The van der Waals surface area contributed by atoms with E-state index in [1.807, 2.05) is 6.07 Å². The van der Waals surface area contributed by atoms with E-state index in [9.17, 15) is 0 Å².